The van der Waals surface area contributed by atoms with Gasteiger partial charge in [0.1, 0.15) is 0 Å². The standard InChI is InChI=1S/C11H20O2/c1-4-7-9-10(12)11(8-5-2)13-6-3/h10-12H,5-6,8-9H2,1-3H3. The Bertz CT molecular complexity index is 161. The van der Waals surface area contributed by atoms with Gasteiger partial charge in [0.15, 0.2) is 0 Å². The molecule has 0 saturated carbocycles. The highest BCUT2D eigenvalue weighted by Gasteiger charge is 2.16. The van der Waals surface area contributed by atoms with E-state index < -0.39 is 6.10 Å². The van der Waals surface area contributed by atoms with Crippen LogP contribution in [0.1, 0.15) is 40.0 Å². The molecule has 0 aliphatic carbocycles. The van der Waals surface area contributed by atoms with Crippen LogP contribution in [-0.2, 0) is 4.74 Å². The summed E-state index contributed by atoms with van der Waals surface area (Å²) in [7, 11) is 0. The lowest BCUT2D eigenvalue weighted by Crippen LogP contribution is -2.28. The number of aliphatic hydroxyl groups is 1. The number of aliphatic hydroxyl groups excluding tert-OH is 1. The van der Waals surface area contributed by atoms with E-state index in [0.29, 0.717) is 13.0 Å². The van der Waals surface area contributed by atoms with Gasteiger partial charge in [-0.2, -0.15) is 0 Å². The molecule has 76 valence electrons. The van der Waals surface area contributed by atoms with Crippen LogP contribution < -0.4 is 0 Å². The van der Waals surface area contributed by atoms with Crippen LogP contribution in [0.15, 0.2) is 0 Å². The Hall–Kier alpha value is -0.520. The first-order chi connectivity index (χ1) is 6.26. The highest BCUT2D eigenvalue weighted by molar-refractivity contribution is 4.97. The molecule has 0 aromatic carbocycles. The molecule has 0 bridgehead atoms. The van der Waals surface area contributed by atoms with Gasteiger partial charge in [0.05, 0.1) is 12.2 Å². The lowest BCUT2D eigenvalue weighted by Gasteiger charge is -2.20. The smallest absolute Gasteiger partial charge is 0.0910 e. The second-order valence-corrected chi connectivity index (χ2v) is 2.98. The molecule has 0 radical (unpaired) electrons. The summed E-state index contributed by atoms with van der Waals surface area (Å²) in [6.07, 6.45) is 1.96. The third-order valence-corrected chi connectivity index (χ3v) is 1.87. The zero-order valence-corrected chi connectivity index (χ0v) is 8.84. The predicted octanol–water partition coefficient (Wildman–Crippen LogP) is 1.97. The monoisotopic (exact) mass is 184 g/mol. The molecule has 0 aromatic heterocycles. The number of hydrogen-bond acceptors (Lipinski definition) is 2. The lowest BCUT2D eigenvalue weighted by atomic mass is 10.1. The van der Waals surface area contributed by atoms with Crippen LogP contribution in [0.4, 0.5) is 0 Å². The maximum absolute atomic E-state index is 9.67. The molecule has 0 amide bonds. The average molecular weight is 184 g/mol. The van der Waals surface area contributed by atoms with Crippen LogP contribution in [-0.4, -0.2) is 23.9 Å². The molecular formula is C11H20O2. The van der Waals surface area contributed by atoms with E-state index in [1.165, 1.54) is 0 Å². The van der Waals surface area contributed by atoms with Gasteiger partial charge in [-0.15, -0.1) is 11.8 Å². The highest BCUT2D eigenvalue weighted by atomic mass is 16.5. The summed E-state index contributed by atoms with van der Waals surface area (Å²) in [5.74, 6) is 5.64. The molecule has 0 heterocycles. The fourth-order valence-electron chi connectivity index (χ4n) is 1.22. The Balaban J connectivity index is 3.91. The normalized spacial score (nSPS) is 14.5. The number of hydrogen-bond donors (Lipinski definition) is 1. The van der Waals surface area contributed by atoms with Gasteiger partial charge in [0.25, 0.3) is 0 Å². The van der Waals surface area contributed by atoms with Gasteiger partial charge < -0.3 is 9.84 Å². The van der Waals surface area contributed by atoms with Gasteiger partial charge >= 0.3 is 0 Å². The van der Waals surface area contributed by atoms with Crippen molar-refractivity contribution in [3.05, 3.63) is 0 Å². The van der Waals surface area contributed by atoms with Gasteiger partial charge in [-0.3, -0.25) is 0 Å². The Kier molecular flexibility index (Phi) is 7.77. The highest BCUT2D eigenvalue weighted by Crippen LogP contribution is 2.09. The van der Waals surface area contributed by atoms with Crippen LogP contribution in [0, 0.1) is 11.8 Å². The molecule has 2 nitrogen and oxygen atoms in total. The van der Waals surface area contributed by atoms with Crippen molar-refractivity contribution < 1.29 is 9.84 Å². The van der Waals surface area contributed by atoms with Gasteiger partial charge in [-0.1, -0.05) is 13.3 Å². The van der Waals surface area contributed by atoms with Crippen LogP contribution in [0.2, 0.25) is 0 Å². The molecule has 1 N–H and O–H groups in total. The summed E-state index contributed by atoms with van der Waals surface area (Å²) in [4.78, 5) is 0. The molecule has 0 aliphatic rings. The van der Waals surface area contributed by atoms with E-state index in [9.17, 15) is 5.11 Å². The summed E-state index contributed by atoms with van der Waals surface area (Å²) in [6, 6.07) is 0. The molecule has 0 fully saturated rings. The minimum Gasteiger partial charge on any atom is -0.389 e. The molecule has 0 aromatic rings. The van der Waals surface area contributed by atoms with Gasteiger partial charge in [0, 0.05) is 13.0 Å². The lowest BCUT2D eigenvalue weighted by molar-refractivity contribution is -0.0344. The van der Waals surface area contributed by atoms with E-state index in [1.54, 1.807) is 6.92 Å². The van der Waals surface area contributed by atoms with Crippen molar-refractivity contribution in [1.29, 1.82) is 0 Å². The summed E-state index contributed by atoms with van der Waals surface area (Å²) < 4.78 is 5.42. The van der Waals surface area contributed by atoms with E-state index >= 15 is 0 Å². The molecule has 2 unspecified atom stereocenters. The number of ether oxygens (including phenoxy) is 1. The average Bonchev–Trinajstić information content (AvgIpc) is 2.14. The predicted molar refractivity (Wildman–Crippen MR) is 54.4 cm³/mol. The van der Waals surface area contributed by atoms with E-state index in [4.69, 9.17) is 4.74 Å². The first-order valence-corrected chi connectivity index (χ1v) is 4.95. The fraction of sp³-hybridized carbons (Fsp3) is 0.818. The van der Waals surface area contributed by atoms with Gasteiger partial charge in [-0.25, -0.2) is 0 Å². The molecule has 2 atom stereocenters. The Morgan fingerprint density at radius 2 is 2.08 bits per heavy atom. The molecular weight excluding hydrogens is 164 g/mol. The largest absolute Gasteiger partial charge is 0.389 e. The molecule has 0 saturated heterocycles. The van der Waals surface area contributed by atoms with Crippen molar-refractivity contribution in [2.24, 2.45) is 0 Å². The quantitative estimate of drug-likeness (QED) is 0.639. The Labute approximate surface area is 81.3 Å². The molecule has 0 spiro atoms. The van der Waals surface area contributed by atoms with Crippen molar-refractivity contribution in [3.8, 4) is 11.8 Å². The van der Waals surface area contributed by atoms with E-state index in [0.717, 1.165) is 12.8 Å². The van der Waals surface area contributed by atoms with Crippen molar-refractivity contribution in [1.82, 2.24) is 0 Å². The molecule has 0 aliphatic heterocycles. The van der Waals surface area contributed by atoms with Crippen LogP contribution in [0.25, 0.3) is 0 Å². The maximum Gasteiger partial charge on any atom is 0.0910 e. The van der Waals surface area contributed by atoms with Crippen LogP contribution >= 0.6 is 0 Å². The van der Waals surface area contributed by atoms with Gasteiger partial charge in [-0.05, 0) is 20.3 Å². The third-order valence-electron chi connectivity index (χ3n) is 1.87. The molecule has 13 heavy (non-hydrogen) atoms. The summed E-state index contributed by atoms with van der Waals surface area (Å²) in [5.41, 5.74) is 0. The van der Waals surface area contributed by atoms with E-state index in [-0.39, 0.29) is 6.10 Å². The minimum atomic E-state index is -0.438. The van der Waals surface area contributed by atoms with Crippen molar-refractivity contribution in [2.45, 2.75) is 52.2 Å². The molecule has 0 rings (SSSR count). The second kappa shape index (κ2) is 8.10. The van der Waals surface area contributed by atoms with Crippen molar-refractivity contribution in [3.63, 3.8) is 0 Å². The second-order valence-electron chi connectivity index (χ2n) is 2.98. The molecule has 2 heteroatoms. The third kappa shape index (κ3) is 5.68. The topological polar surface area (TPSA) is 29.5 Å². The minimum absolute atomic E-state index is 0.0455. The van der Waals surface area contributed by atoms with Crippen LogP contribution in [0.3, 0.4) is 0 Å². The fourth-order valence-corrected chi connectivity index (χ4v) is 1.22. The van der Waals surface area contributed by atoms with Gasteiger partial charge in [0.2, 0.25) is 0 Å². The summed E-state index contributed by atoms with van der Waals surface area (Å²) >= 11 is 0. The first-order valence-electron chi connectivity index (χ1n) is 4.95. The van der Waals surface area contributed by atoms with E-state index in [1.807, 2.05) is 6.92 Å². The van der Waals surface area contributed by atoms with Crippen molar-refractivity contribution in [2.75, 3.05) is 6.61 Å². The maximum atomic E-state index is 9.67. The summed E-state index contributed by atoms with van der Waals surface area (Å²) in [6.45, 7) is 6.47. The summed E-state index contributed by atoms with van der Waals surface area (Å²) in [5, 5.41) is 9.67. The zero-order chi connectivity index (χ0) is 10.1. The first kappa shape index (κ1) is 12.5. The van der Waals surface area contributed by atoms with E-state index in [2.05, 4.69) is 18.8 Å². The van der Waals surface area contributed by atoms with Crippen molar-refractivity contribution >= 4 is 0 Å². The van der Waals surface area contributed by atoms with Crippen LogP contribution in [0.5, 0.6) is 0 Å². The Morgan fingerprint density at radius 3 is 2.54 bits per heavy atom. The number of rotatable bonds is 6. The zero-order valence-electron chi connectivity index (χ0n) is 8.84. The Morgan fingerprint density at radius 1 is 1.38 bits per heavy atom. The SMILES string of the molecule is CC#CCC(O)C(CCC)OCC.